The summed E-state index contributed by atoms with van der Waals surface area (Å²) in [5, 5.41) is 0. The molecule has 1 fully saturated rings. The minimum Gasteiger partial charge on any atom is -0.464 e. The largest absolute Gasteiger partial charge is 0.464 e. The lowest BCUT2D eigenvalue weighted by Gasteiger charge is -2.15. The molecule has 1 saturated carbocycles. The molecule has 8 nitrogen and oxygen atoms in total. The smallest absolute Gasteiger partial charge is 0.337 e. The average Bonchev–Trinajstić information content (AvgIpc) is 3.42. The summed E-state index contributed by atoms with van der Waals surface area (Å²) >= 11 is 0. The van der Waals surface area contributed by atoms with Crippen LogP contribution in [-0.4, -0.2) is 31.3 Å². The van der Waals surface area contributed by atoms with Crippen LogP contribution in [0.4, 0.5) is 0 Å². The Kier molecular flexibility index (Phi) is 4.62. The summed E-state index contributed by atoms with van der Waals surface area (Å²) in [4.78, 5) is 42.9. The number of fused-ring (bicyclic) bond motifs is 1. The summed E-state index contributed by atoms with van der Waals surface area (Å²) in [6.07, 6.45) is 3.44. The van der Waals surface area contributed by atoms with Gasteiger partial charge in [-0.1, -0.05) is 18.2 Å². The molecule has 0 N–H and O–H groups in total. The molecule has 0 radical (unpaired) electrons. The van der Waals surface area contributed by atoms with Crippen molar-refractivity contribution in [2.75, 3.05) is 6.61 Å². The number of hydrogen-bond acceptors (Lipinski definition) is 5. The predicted octanol–water partition coefficient (Wildman–Crippen LogP) is 1.88. The summed E-state index contributed by atoms with van der Waals surface area (Å²) in [5.41, 5.74) is 0.252. The summed E-state index contributed by atoms with van der Waals surface area (Å²) in [5.74, 6) is -0.113. The first kappa shape index (κ1) is 18.2. The second-order valence-corrected chi connectivity index (χ2v) is 7.06. The summed E-state index contributed by atoms with van der Waals surface area (Å²) in [7, 11) is 0. The van der Waals surface area contributed by atoms with Crippen LogP contribution in [0.25, 0.3) is 16.9 Å². The van der Waals surface area contributed by atoms with Gasteiger partial charge in [-0.2, -0.15) is 0 Å². The van der Waals surface area contributed by atoms with Crippen molar-refractivity contribution in [3.63, 3.8) is 0 Å². The molecule has 28 heavy (non-hydrogen) atoms. The van der Waals surface area contributed by atoms with Gasteiger partial charge < -0.3 is 9.30 Å². The standard InChI is InChI=1S/C20H22N4O4/c1-3-28-19(26)13(2)23-12-21-17-16(23)18(25)22(11-14-9-10-14)20(27)24(17)15-7-5-4-6-8-15/h4-8,12-14H,3,9-11H2,1-2H3/t13-/m0/s1. The first-order valence-corrected chi connectivity index (χ1v) is 9.47. The maximum absolute atomic E-state index is 13.2. The Bertz CT molecular complexity index is 1140. The molecule has 0 unspecified atom stereocenters. The van der Waals surface area contributed by atoms with Crippen molar-refractivity contribution in [2.24, 2.45) is 5.92 Å². The predicted molar refractivity (Wildman–Crippen MR) is 104 cm³/mol. The van der Waals surface area contributed by atoms with Crippen LogP contribution in [0.1, 0.15) is 32.7 Å². The number of rotatable bonds is 6. The van der Waals surface area contributed by atoms with E-state index < -0.39 is 23.3 Å². The molecule has 1 aliphatic carbocycles. The summed E-state index contributed by atoms with van der Waals surface area (Å²) in [6, 6.07) is 8.35. The molecule has 0 spiro atoms. The third kappa shape index (κ3) is 3.04. The number of benzene rings is 1. The minimum atomic E-state index is -0.728. The average molecular weight is 382 g/mol. The highest BCUT2D eigenvalue weighted by molar-refractivity contribution is 5.79. The topological polar surface area (TPSA) is 88.1 Å². The Morgan fingerprint density at radius 3 is 2.61 bits per heavy atom. The fourth-order valence-corrected chi connectivity index (χ4v) is 3.35. The maximum Gasteiger partial charge on any atom is 0.337 e. The molecule has 3 aromatic rings. The maximum atomic E-state index is 13.2. The van der Waals surface area contributed by atoms with Crippen LogP contribution in [0.5, 0.6) is 0 Å². The van der Waals surface area contributed by atoms with Crippen LogP contribution < -0.4 is 11.2 Å². The van der Waals surface area contributed by atoms with Gasteiger partial charge in [-0.05, 0) is 44.7 Å². The molecular weight excluding hydrogens is 360 g/mol. The van der Waals surface area contributed by atoms with Crippen LogP contribution in [0.15, 0.2) is 46.2 Å². The highest BCUT2D eigenvalue weighted by Crippen LogP contribution is 2.30. The van der Waals surface area contributed by atoms with Crippen LogP contribution >= 0.6 is 0 Å². The molecular formula is C20H22N4O4. The second kappa shape index (κ2) is 7.10. The van der Waals surface area contributed by atoms with Crippen LogP contribution in [0, 0.1) is 5.92 Å². The van der Waals surface area contributed by atoms with Gasteiger partial charge in [-0.15, -0.1) is 0 Å². The van der Waals surface area contributed by atoms with E-state index in [1.165, 1.54) is 20.0 Å². The molecule has 4 rings (SSSR count). The zero-order valence-corrected chi connectivity index (χ0v) is 15.9. The van der Waals surface area contributed by atoms with E-state index in [0.29, 0.717) is 18.2 Å². The number of ether oxygens (including phenoxy) is 1. The van der Waals surface area contributed by atoms with E-state index in [2.05, 4.69) is 4.98 Å². The zero-order chi connectivity index (χ0) is 19.8. The number of esters is 1. The Balaban J connectivity index is 1.99. The molecule has 146 valence electrons. The van der Waals surface area contributed by atoms with E-state index in [1.807, 2.05) is 18.2 Å². The van der Waals surface area contributed by atoms with E-state index in [4.69, 9.17) is 4.74 Å². The SMILES string of the molecule is CCOC(=O)[C@H](C)n1cnc2c1c(=O)n(CC1CC1)c(=O)n2-c1ccccc1. The highest BCUT2D eigenvalue weighted by Gasteiger charge is 2.28. The third-order valence-electron chi connectivity index (χ3n) is 5.05. The van der Waals surface area contributed by atoms with Crippen LogP contribution in [0.2, 0.25) is 0 Å². The molecule has 1 aromatic carbocycles. The number of imidazole rings is 1. The van der Waals surface area contributed by atoms with Gasteiger partial charge in [0.2, 0.25) is 0 Å². The summed E-state index contributed by atoms with van der Waals surface area (Å²) in [6.45, 7) is 4.00. The summed E-state index contributed by atoms with van der Waals surface area (Å²) < 4.78 is 9.30. The molecule has 8 heteroatoms. The van der Waals surface area contributed by atoms with Crippen molar-refractivity contribution in [2.45, 2.75) is 39.3 Å². The lowest BCUT2D eigenvalue weighted by Crippen LogP contribution is -2.40. The molecule has 2 heterocycles. The zero-order valence-electron chi connectivity index (χ0n) is 15.9. The highest BCUT2D eigenvalue weighted by atomic mass is 16.5. The number of hydrogen-bond donors (Lipinski definition) is 0. The van der Waals surface area contributed by atoms with Gasteiger partial charge in [0.05, 0.1) is 18.6 Å². The van der Waals surface area contributed by atoms with Crippen molar-refractivity contribution >= 4 is 17.1 Å². The first-order valence-electron chi connectivity index (χ1n) is 9.47. The fourth-order valence-electron chi connectivity index (χ4n) is 3.35. The lowest BCUT2D eigenvalue weighted by molar-refractivity contribution is -0.146. The fraction of sp³-hybridized carbons (Fsp3) is 0.400. The monoisotopic (exact) mass is 382 g/mol. The van der Waals surface area contributed by atoms with Gasteiger partial charge in [0.15, 0.2) is 11.2 Å². The van der Waals surface area contributed by atoms with Gasteiger partial charge in [0, 0.05) is 6.54 Å². The van der Waals surface area contributed by atoms with Crippen LogP contribution in [0.3, 0.4) is 0 Å². The van der Waals surface area contributed by atoms with Crippen molar-refractivity contribution in [3.05, 3.63) is 57.5 Å². The lowest BCUT2D eigenvalue weighted by atomic mass is 10.3. The van der Waals surface area contributed by atoms with Crippen molar-refractivity contribution in [1.29, 1.82) is 0 Å². The van der Waals surface area contributed by atoms with Gasteiger partial charge in [-0.3, -0.25) is 9.36 Å². The van der Waals surface area contributed by atoms with Gasteiger partial charge in [0.1, 0.15) is 6.04 Å². The van der Waals surface area contributed by atoms with E-state index in [1.54, 1.807) is 26.0 Å². The number of nitrogens with zero attached hydrogens (tertiary/aromatic N) is 4. The Labute approximate surface area is 161 Å². The van der Waals surface area contributed by atoms with E-state index >= 15 is 0 Å². The van der Waals surface area contributed by atoms with Gasteiger partial charge in [0.25, 0.3) is 5.56 Å². The van der Waals surface area contributed by atoms with Crippen LogP contribution in [-0.2, 0) is 16.1 Å². The van der Waals surface area contributed by atoms with E-state index in [9.17, 15) is 14.4 Å². The van der Waals surface area contributed by atoms with E-state index in [0.717, 1.165) is 12.8 Å². The second-order valence-electron chi connectivity index (χ2n) is 7.06. The van der Waals surface area contributed by atoms with Crippen molar-refractivity contribution < 1.29 is 9.53 Å². The number of carbonyl (C=O) groups excluding carboxylic acids is 1. The molecule has 2 aromatic heterocycles. The number of carbonyl (C=O) groups is 1. The van der Waals surface area contributed by atoms with Crippen molar-refractivity contribution in [3.8, 4) is 5.69 Å². The minimum absolute atomic E-state index is 0.227. The molecule has 0 amide bonds. The first-order chi connectivity index (χ1) is 13.5. The Morgan fingerprint density at radius 1 is 1.25 bits per heavy atom. The van der Waals surface area contributed by atoms with Gasteiger partial charge >= 0.3 is 11.7 Å². The number of aromatic nitrogens is 4. The van der Waals surface area contributed by atoms with Crippen molar-refractivity contribution in [1.82, 2.24) is 18.7 Å². The quantitative estimate of drug-likeness (QED) is 0.608. The van der Waals surface area contributed by atoms with Gasteiger partial charge in [-0.25, -0.2) is 19.1 Å². The molecule has 1 aliphatic rings. The van der Waals surface area contributed by atoms with E-state index in [-0.39, 0.29) is 17.8 Å². The Morgan fingerprint density at radius 2 is 1.96 bits per heavy atom. The third-order valence-corrected chi connectivity index (χ3v) is 5.05. The molecule has 0 aliphatic heterocycles. The normalized spacial score (nSPS) is 14.9. The molecule has 1 atom stereocenters. The Hall–Kier alpha value is -3.16. The molecule has 0 bridgehead atoms. The number of para-hydroxylation sites is 1. The molecule has 0 saturated heterocycles.